The molecular weight excluding hydrogens is 164 g/mol. The third-order valence-corrected chi connectivity index (χ3v) is 1.60. The standard InChI is InChI=1S/C7H15Br/c1-6(2)4-5-7(3)8/h6-7H,4-5H2,1-3H3. The van der Waals surface area contributed by atoms with E-state index in [-0.39, 0.29) is 0 Å². The van der Waals surface area contributed by atoms with Crippen molar-refractivity contribution in [2.75, 3.05) is 0 Å². The molecular formula is C7H15Br. The molecule has 0 radical (unpaired) electrons. The monoisotopic (exact) mass is 178 g/mol. The first kappa shape index (κ1) is 8.48. The minimum absolute atomic E-state index is 0.699. The molecule has 50 valence electrons. The summed E-state index contributed by atoms with van der Waals surface area (Å²) in [6.45, 7) is 6.72. The van der Waals surface area contributed by atoms with Gasteiger partial charge in [0.1, 0.15) is 0 Å². The fourth-order valence-electron chi connectivity index (χ4n) is 0.563. The quantitative estimate of drug-likeness (QED) is 0.583. The van der Waals surface area contributed by atoms with Gasteiger partial charge in [0.2, 0.25) is 0 Å². The van der Waals surface area contributed by atoms with Gasteiger partial charge in [0.05, 0.1) is 0 Å². The number of alkyl halides is 1. The first-order valence-corrected chi connectivity index (χ1v) is 4.18. The van der Waals surface area contributed by atoms with Gasteiger partial charge >= 0.3 is 0 Å². The minimum atomic E-state index is 0.699. The van der Waals surface area contributed by atoms with E-state index in [9.17, 15) is 0 Å². The maximum atomic E-state index is 3.50. The fourth-order valence-corrected chi connectivity index (χ4v) is 0.827. The smallest absolute Gasteiger partial charge is 0.0117 e. The van der Waals surface area contributed by atoms with Gasteiger partial charge in [0.25, 0.3) is 0 Å². The molecule has 8 heavy (non-hydrogen) atoms. The molecule has 0 aliphatic carbocycles. The van der Waals surface area contributed by atoms with Gasteiger partial charge in [0.15, 0.2) is 0 Å². The zero-order valence-electron chi connectivity index (χ0n) is 5.95. The lowest BCUT2D eigenvalue weighted by atomic mass is 10.1. The van der Waals surface area contributed by atoms with Crippen molar-refractivity contribution >= 4 is 15.9 Å². The zero-order chi connectivity index (χ0) is 6.57. The van der Waals surface area contributed by atoms with E-state index in [2.05, 4.69) is 36.7 Å². The van der Waals surface area contributed by atoms with E-state index >= 15 is 0 Å². The summed E-state index contributed by atoms with van der Waals surface area (Å²) in [7, 11) is 0. The molecule has 0 aliphatic heterocycles. The van der Waals surface area contributed by atoms with Gasteiger partial charge < -0.3 is 0 Å². The van der Waals surface area contributed by atoms with Gasteiger partial charge in [0, 0.05) is 4.83 Å². The third-order valence-electron chi connectivity index (χ3n) is 1.14. The maximum Gasteiger partial charge on any atom is 0.0117 e. The zero-order valence-corrected chi connectivity index (χ0v) is 7.53. The second-order valence-electron chi connectivity index (χ2n) is 2.75. The van der Waals surface area contributed by atoms with Gasteiger partial charge in [-0.3, -0.25) is 0 Å². The van der Waals surface area contributed by atoms with E-state index in [0.29, 0.717) is 4.83 Å². The molecule has 0 amide bonds. The lowest BCUT2D eigenvalue weighted by Crippen LogP contribution is -1.93. The van der Waals surface area contributed by atoms with Gasteiger partial charge in [-0.25, -0.2) is 0 Å². The molecule has 0 aromatic heterocycles. The van der Waals surface area contributed by atoms with Crippen molar-refractivity contribution in [3.8, 4) is 0 Å². The highest BCUT2D eigenvalue weighted by atomic mass is 79.9. The summed E-state index contributed by atoms with van der Waals surface area (Å²) in [6.07, 6.45) is 2.64. The predicted molar refractivity (Wildman–Crippen MR) is 42.5 cm³/mol. The summed E-state index contributed by atoms with van der Waals surface area (Å²) in [4.78, 5) is 0.699. The van der Waals surface area contributed by atoms with Crippen molar-refractivity contribution in [1.29, 1.82) is 0 Å². The largest absolute Gasteiger partial charge is 0.0894 e. The van der Waals surface area contributed by atoms with Crippen LogP contribution in [-0.4, -0.2) is 4.83 Å². The predicted octanol–water partition coefficient (Wildman–Crippen LogP) is 3.21. The van der Waals surface area contributed by atoms with Crippen molar-refractivity contribution in [2.24, 2.45) is 5.92 Å². The fraction of sp³-hybridized carbons (Fsp3) is 1.00. The van der Waals surface area contributed by atoms with Crippen LogP contribution in [0.5, 0.6) is 0 Å². The van der Waals surface area contributed by atoms with Crippen LogP contribution in [0.25, 0.3) is 0 Å². The van der Waals surface area contributed by atoms with E-state index in [0.717, 1.165) is 5.92 Å². The van der Waals surface area contributed by atoms with Crippen molar-refractivity contribution < 1.29 is 0 Å². The Morgan fingerprint density at radius 2 is 1.62 bits per heavy atom. The highest BCUT2D eigenvalue weighted by molar-refractivity contribution is 9.09. The van der Waals surface area contributed by atoms with Crippen LogP contribution < -0.4 is 0 Å². The first-order valence-electron chi connectivity index (χ1n) is 3.27. The molecule has 0 aromatic carbocycles. The number of hydrogen-bond acceptors (Lipinski definition) is 0. The van der Waals surface area contributed by atoms with Crippen LogP contribution >= 0.6 is 15.9 Å². The van der Waals surface area contributed by atoms with Crippen LogP contribution in [0.3, 0.4) is 0 Å². The van der Waals surface area contributed by atoms with Crippen LogP contribution in [0.15, 0.2) is 0 Å². The van der Waals surface area contributed by atoms with Crippen LogP contribution in [0.2, 0.25) is 0 Å². The van der Waals surface area contributed by atoms with E-state index in [1.54, 1.807) is 0 Å². The summed E-state index contributed by atoms with van der Waals surface area (Å²) in [5.41, 5.74) is 0. The van der Waals surface area contributed by atoms with E-state index in [1.165, 1.54) is 12.8 Å². The van der Waals surface area contributed by atoms with Crippen LogP contribution in [0, 0.1) is 5.92 Å². The molecule has 0 rings (SSSR count). The van der Waals surface area contributed by atoms with E-state index < -0.39 is 0 Å². The maximum absolute atomic E-state index is 3.50. The minimum Gasteiger partial charge on any atom is -0.0894 e. The number of hydrogen-bond donors (Lipinski definition) is 0. The van der Waals surface area contributed by atoms with Crippen molar-refractivity contribution in [1.82, 2.24) is 0 Å². The highest BCUT2D eigenvalue weighted by Crippen LogP contribution is 2.11. The Bertz CT molecular complexity index is 40.3. The first-order chi connectivity index (χ1) is 3.63. The summed E-state index contributed by atoms with van der Waals surface area (Å²) in [6, 6.07) is 0. The van der Waals surface area contributed by atoms with Gasteiger partial charge in [-0.15, -0.1) is 0 Å². The molecule has 0 aliphatic rings. The Labute approximate surface area is 60.8 Å². The molecule has 0 heterocycles. The number of halogens is 1. The molecule has 1 heteroatoms. The molecule has 0 saturated carbocycles. The molecule has 0 spiro atoms. The average molecular weight is 179 g/mol. The van der Waals surface area contributed by atoms with Crippen LogP contribution in [-0.2, 0) is 0 Å². The molecule has 1 unspecified atom stereocenters. The molecule has 0 aromatic rings. The Balaban J connectivity index is 2.93. The number of rotatable bonds is 3. The van der Waals surface area contributed by atoms with E-state index in [1.807, 2.05) is 0 Å². The Hall–Kier alpha value is 0.480. The Morgan fingerprint density at radius 3 is 1.75 bits per heavy atom. The summed E-state index contributed by atoms with van der Waals surface area (Å²) >= 11 is 3.50. The van der Waals surface area contributed by atoms with Crippen molar-refractivity contribution in [2.45, 2.75) is 38.4 Å². The SMILES string of the molecule is CC(C)CCC(C)Br. The molecule has 0 saturated heterocycles. The molecule has 0 fully saturated rings. The molecule has 0 N–H and O–H groups in total. The topological polar surface area (TPSA) is 0 Å². The summed E-state index contributed by atoms with van der Waals surface area (Å²) in [5.74, 6) is 0.856. The Morgan fingerprint density at radius 1 is 1.12 bits per heavy atom. The highest BCUT2D eigenvalue weighted by Gasteiger charge is 1.97. The molecule has 1 atom stereocenters. The van der Waals surface area contributed by atoms with Crippen molar-refractivity contribution in [3.63, 3.8) is 0 Å². The average Bonchev–Trinajstić information content (AvgIpc) is 1.61. The summed E-state index contributed by atoms with van der Waals surface area (Å²) in [5, 5.41) is 0. The molecule has 0 nitrogen and oxygen atoms in total. The second kappa shape index (κ2) is 4.37. The van der Waals surface area contributed by atoms with Gasteiger partial charge in [-0.05, 0) is 18.8 Å². The van der Waals surface area contributed by atoms with Crippen LogP contribution in [0.4, 0.5) is 0 Å². The third kappa shape index (κ3) is 6.48. The normalized spacial score (nSPS) is 14.6. The van der Waals surface area contributed by atoms with Gasteiger partial charge in [-0.1, -0.05) is 36.7 Å². The molecule has 0 bridgehead atoms. The lowest BCUT2D eigenvalue weighted by Gasteiger charge is -2.04. The van der Waals surface area contributed by atoms with Crippen LogP contribution in [0.1, 0.15) is 33.6 Å². The Kier molecular flexibility index (Phi) is 4.63. The second-order valence-corrected chi connectivity index (χ2v) is 4.32. The van der Waals surface area contributed by atoms with Gasteiger partial charge in [-0.2, -0.15) is 0 Å². The van der Waals surface area contributed by atoms with Crippen molar-refractivity contribution in [3.05, 3.63) is 0 Å². The van der Waals surface area contributed by atoms with E-state index in [4.69, 9.17) is 0 Å². The summed E-state index contributed by atoms with van der Waals surface area (Å²) < 4.78 is 0. The lowest BCUT2D eigenvalue weighted by molar-refractivity contribution is 0.557.